The van der Waals surface area contributed by atoms with Crippen LogP contribution in [0.5, 0.6) is 0 Å². The van der Waals surface area contributed by atoms with Crippen LogP contribution in [-0.2, 0) is 9.59 Å². The third-order valence-corrected chi connectivity index (χ3v) is 3.13. The second-order valence-corrected chi connectivity index (χ2v) is 4.42. The van der Waals surface area contributed by atoms with Crippen LogP contribution in [0.3, 0.4) is 0 Å². The molecule has 0 spiro atoms. The van der Waals surface area contributed by atoms with Crippen molar-refractivity contribution in [3.8, 4) is 0 Å². The Bertz CT molecular complexity index is 473. The average molecular weight is 248 g/mol. The molecule has 1 heterocycles. The molecule has 0 bridgehead atoms. The number of rotatable bonds is 3. The van der Waals surface area contributed by atoms with Crippen LogP contribution in [0.2, 0.25) is 0 Å². The van der Waals surface area contributed by atoms with Crippen LogP contribution in [0.4, 0.5) is 5.69 Å². The number of nitrogens with one attached hydrogen (secondary N) is 2. The molecule has 18 heavy (non-hydrogen) atoms. The molecule has 1 aromatic rings. The summed E-state index contributed by atoms with van der Waals surface area (Å²) < 4.78 is 0. The molecule has 0 aromatic heterocycles. The van der Waals surface area contributed by atoms with Crippen molar-refractivity contribution in [3.63, 3.8) is 0 Å². The summed E-state index contributed by atoms with van der Waals surface area (Å²) in [4.78, 5) is 22.8. The normalized spacial score (nSPS) is 19.3. The molecule has 1 amide bonds. The van der Waals surface area contributed by atoms with Crippen LogP contribution >= 0.6 is 0 Å². The molecule has 5 heteroatoms. The maximum atomic E-state index is 12.1. The lowest BCUT2D eigenvalue weighted by molar-refractivity contribution is -0.141. The van der Waals surface area contributed by atoms with Gasteiger partial charge >= 0.3 is 5.97 Å². The lowest BCUT2D eigenvalue weighted by atomic mass is 9.90. The zero-order valence-corrected chi connectivity index (χ0v) is 10.1. The van der Waals surface area contributed by atoms with Gasteiger partial charge in [-0.3, -0.25) is 9.59 Å². The van der Waals surface area contributed by atoms with Crippen LogP contribution in [0.1, 0.15) is 24.8 Å². The van der Waals surface area contributed by atoms with Gasteiger partial charge in [-0.1, -0.05) is 18.2 Å². The van der Waals surface area contributed by atoms with E-state index in [4.69, 9.17) is 5.11 Å². The highest BCUT2D eigenvalue weighted by atomic mass is 16.4. The fourth-order valence-corrected chi connectivity index (χ4v) is 2.12. The van der Waals surface area contributed by atoms with Gasteiger partial charge in [0.2, 0.25) is 5.91 Å². The molecular formula is C13H16N2O3. The number of carboxylic acids is 1. The van der Waals surface area contributed by atoms with Gasteiger partial charge in [0.15, 0.2) is 0 Å². The second-order valence-electron chi connectivity index (χ2n) is 4.42. The van der Waals surface area contributed by atoms with E-state index in [-0.39, 0.29) is 11.8 Å². The Morgan fingerprint density at radius 3 is 2.89 bits per heavy atom. The van der Waals surface area contributed by atoms with Gasteiger partial charge < -0.3 is 15.7 Å². The van der Waals surface area contributed by atoms with Crippen LogP contribution in [0.15, 0.2) is 24.3 Å². The monoisotopic (exact) mass is 248 g/mol. The number of carbonyl (C=O) groups excluding carboxylic acids is 1. The largest absolute Gasteiger partial charge is 0.480 e. The standard InChI is InChI=1S/C13H16N2O3/c1-8(13(17)18)15-12(16)10-6-7-14-11-5-3-2-4-9(10)11/h2-5,8,10,14H,6-7H2,1H3,(H,15,16)(H,17,18)/t8-,10?/m0/s1. The predicted octanol–water partition coefficient (Wildman–Crippen LogP) is 1.18. The molecule has 1 aliphatic rings. The van der Waals surface area contributed by atoms with E-state index >= 15 is 0 Å². The summed E-state index contributed by atoms with van der Waals surface area (Å²) in [5, 5.41) is 14.5. The second kappa shape index (κ2) is 5.08. The van der Waals surface area contributed by atoms with Gasteiger partial charge in [0.05, 0.1) is 5.92 Å². The molecule has 1 aliphatic heterocycles. The van der Waals surface area contributed by atoms with Gasteiger partial charge in [-0.15, -0.1) is 0 Å². The first-order chi connectivity index (χ1) is 8.59. The minimum Gasteiger partial charge on any atom is -0.480 e. The number of aliphatic carboxylic acids is 1. The number of hydrogen-bond acceptors (Lipinski definition) is 3. The molecular weight excluding hydrogens is 232 g/mol. The van der Waals surface area contributed by atoms with Crippen LogP contribution in [-0.4, -0.2) is 29.6 Å². The third kappa shape index (κ3) is 2.45. The fourth-order valence-electron chi connectivity index (χ4n) is 2.12. The predicted molar refractivity (Wildman–Crippen MR) is 67.5 cm³/mol. The molecule has 0 radical (unpaired) electrons. The van der Waals surface area contributed by atoms with Crippen molar-refractivity contribution in [2.24, 2.45) is 0 Å². The molecule has 1 aromatic carbocycles. The Balaban J connectivity index is 2.15. The topological polar surface area (TPSA) is 78.4 Å². The smallest absolute Gasteiger partial charge is 0.325 e. The summed E-state index contributed by atoms with van der Waals surface area (Å²) in [6, 6.07) is 6.75. The first-order valence-electron chi connectivity index (χ1n) is 5.95. The first kappa shape index (κ1) is 12.4. The van der Waals surface area contributed by atoms with Gasteiger partial charge in [0, 0.05) is 12.2 Å². The summed E-state index contributed by atoms with van der Waals surface area (Å²) in [6.45, 7) is 2.18. The van der Waals surface area contributed by atoms with E-state index in [2.05, 4.69) is 10.6 Å². The molecule has 0 saturated carbocycles. The highest BCUT2D eigenvalue weighted by Gasteiger charge is 2.27. The number of carbonyl (C=O) groups is 2. The van der Waals surface area contributed by atoms with E-state index in [0.717, 1.165) is 17.8 Å². The Morgan fingerprint density at radius 1 is 1.44 bits per heavy atom. The van der Waals surface area contributed by atoms with E-state index in [9.17, 15) is 9.59 Å². The minimum absolute atomic E-state index is 0.223. The average Bonchev–Trinajstić information content (AvgIpc) is 2.37. The van der Waals surface area contributed by atoms with Gasteiger partial charge in [-0.05, 0) is 25.0 Å². The number of para-hydroxylation sites is 1. The molecule has 0 saturated heterocycles. The zero-order chi connectivity index (χ0) is 13.1. The molecule has 0 fully saturated rings. The summed E-state index contributed by atoms with van der Waals surface area (Å²) in [5.41, 5.74) is 1.88. The number of fused-ring (bicyclic) bond motifs is 1. The van der Waals surface area contributed by atoms with Crippen LogP contribution in [0, 0.1) is 0 Å². The van der Waals surface area contributed by atoms with Crippen LogP contribution < -0.4 is 10.6 Å². The summed E-state index contributed by atoms with van der Waals surface area (Å²) in [5.74, 6) is -1.52. The Morgan fingerprint density at radius 2 is 2.17 bits per heavy atom. The number of carboxylic acid groups (broad SMARTS) is 1. The number of anilines is 1. The zero-order valence-electron chi connectivity index (χ0n) is 10.1. The van der Waals surface area contributed by atoms with Crippen molar-refractivity contribution >= 4 is 17.6 Å². The fraction of sp³-hybridized carbons (Fsp3) is 0.385. The van der Waals surface area contributed by atoms with Crippen molar-refractivity contribution in [3.05, 3.63) is 29.8 Å². The van der Waals surface area contributed by atoms with E-state index < -0.39 is 12.0 Å². The third-order valence-electron chi connectivity index (χ3n) is 3.13. The molecule has 2 atom stereocenters. The molecule has 2 rings (SSSR count). The van der Waals surface area contributed by atoms with Crippen molar-refractivity contribution in [1.82, 2.24) is 5.32 Å². The maximum Gasteiger partial charge on any atom is 0.325 e. The van der Waals surface area contributed by atoms with Gasteiger partial charge in [0.1, 0.15) is 6.04 Å². The molecule has 0 aliphatic carbocycles. The van der Waals surface area contributed by atoms with Crippen LogP contribution in [0.25, 0.3) is 0 Å². The Labute approximate surface area is 105 Å². The van der Waals surface area contributed by atoms with E-state index in [1.54, 1.807) is 0 Å². The van der Waals surface area contributed by atoms with Gasteiger partial charge in [0.25, 0.3) is 0 Å². The van der Waals surface area contributed by atoms with Crippen molar-refractivity contribution in [2.45, 2.75) is 25.3 Å². The van der Waals surface area contributed by atoms with Crippen molar-refractivity contribution < 1.29 is 14.7 Å². The van der Waals surface area contributed by atoms with Gasteiger partial charge in [-0.2, -0.15) is 0 Å². The molecule has 96 valence electrons. The van der Waals surface area contributed by atoms with E-state index in [1.165, 1.54) is 6.92 Å². The summed E-state index contributed by atoms with van der Waals surface area (Å²) in [7, 11) is 0. The molecule has 3 N–H and O–H groups in total. The van der Waals surface area contributed by atoms with E-state index in [0.29, 0.717) is 6.42 Å². The summed E-state index contributed by atoms with van der Waals surface area (Å²) >= 11 is 0. The lowest BCUT2D eigenvalue weighted by Gasteiger charge is -2.26. The Hall–Kier alpha value is -2.04. The Kier molecular flexibility index (Phi) is 3.50. The minimum atomic E-state index is -1.02. The quantitative estimate of drug-likeness (QED) is 0.750. The first-order valence-corrected chi connectivity index (χ1v) is 5.95. The number of hydrogen-bond donors (Lipinski definition) is 3. The molecule has 5 nitrogen and oxygen atoms in total. The number of amides is 1. The van der Waals surface area contributed by atoms with Gasteiger partial charge in [-0.25, -0.2) is 0 Å². The highest BCUT2D eigenvalue weighted by molar-refractivity contribution is 5.89. The molecule has 1 unspecified atom stereocenters. The van der Waals surface area contributed by atoms with Crippen molar-refractivity contribution in [2.75, 3.05) is 11.9 Å². The maximum absolute atomic E-state index is 12.1. The summed E-state index contributed by atoms with van der Waals surface area (Å²) in [6.07, 6.45) is 0.676. The lowest BCUT2D eigenvalue weighted by Crippen LogP contribution is -2.42. The SMILES string of the molecule is C[C@H](NC(=O)C1CCNc2ccccc21)C(=O)O. The highest BCUT2D eigenvalue weighted by Crippen LogP contribution is 2.31. The van der Waals surface area contributed by atoms with E-state index in [1.807, 2.05) is 24.3 Å². The van der Waals surface area contributed by atoms with Crippen molar-refractivity contribution in [1.29, 1.82) is 0 Å². The number of benzene rings is 1.